The number of aryl methyl sites for hydroxylation is 1. The number of para-hydroxylation sites is 1. The van der Waals surface area contributed by atoms with E-state index in [9.17, 15) is 13.2 Å². The molecule has 0 radical (unpaired) electrons. The van der Waals surface area contributed by atoms with Gasteiger partial charge in [0.05, 0.1) is 10.4 Å². The Morgan fingerprint density at radius 1 is 1.10 bits per heavy atom. The molecule has 1 aliphatic heterocycles. The first kappa shape index (κ1) is 20.8. The van der Waals surface area contributed by atoms with Gasteiger partial charge in [0.15, 0.2) is 0 Å². The van der Waals surface area contributed by atoms with E-state index in [1.807, 2.05) is 43.3 Å². The zero-order valence-corrected chi connectivity index (χ0v) is 18.5. The van der Waals surface area contributed by atoms with Gasteiger partial charge in [0.1, 0.15) is 6.29 Å². The smallest absolute Gasteiger partial charge is 0.268 e. The molecule has 3 aromatic rings. The molecule has 0 bridgehead atoms. The van der Waals surface area contributed by atoms with Crippen molar-refractivity contribution in [2.75, 3.05) is 13.6 Å². The lowest BCUT2D eigenvalue weighted by Gasteiger charge is -2.42. The lowest BCUT2D eigenvalue weighted by molar-refractivity contribution is -0.115. The van der Waals surface area contributed by atoms with Gasteiger partial charge in [-0.15, -0.1) is 0 Å². The second-order valence-corrected chi connectivity index (χ2v) is 10.1. The predicted molar refractivity (Wildman–Crippen MR) is 119 cm³/mol. The SMILES string of the molecule is CC[C@@H]1[C@@H](c2cn(S(=O)(=O)c3ccc(C)cc3)c3ccccc23)N(C)CC[C@@H]1C=O. The minimum atomic E-state index is -3.73. The van der Waals surface area contributed by atoms with E-state index in [-0.39, 0.29) is 22.8 Å². The molecule has 1 aliphatic rings. The standard InChI is InChI=1S/C24H28N2O3S/c1-4-20-18(16-27)13-14-25(3)24(20)22-15-26(23-8-6-5-7-21(22)23)30(28,29)19-11-9-17(2)10-12-19/h5-12,15-16,18,20,24H,4,13-14H2,1-3H3/t18-,20+,24+/m1/s1. The Bertz CT molecular complexity index is 1160. The molecule has 2 heterocycles. The number of carbonyl (C=O) groups excluding carboxylic acids is 1. The number of nitrogens with zero attached hydrogens (tertiary/aromatic N) is 2. The number of benzene rings is 2. The molecule has 30 heavy (non-hydrogen) atoms. The minimum absolute atomic E-state index is 0.00156. The molecule has 0 aliphatic carbocycles. The van der Waals surface area contributed by atoms with Crippen LogP contribution in [0.1, 0.15) is 36.9 Å². The molecule has 1 aromatic heterocycles. The van der Waals surface area contributed by atoms with Crippen LogP contribution in [0, 0.1) is 18.8 Å². The van der Waals surface area contributed by atoms with Gasteiger partial charge in [-0.25, -0.2) is 12.4 Å². The highest BCUT2D eigenvalue weighted by Gasteiger charge is 2.38. The number of fused-ring (bicyclic) bond motifs is 1. The molecule has 0 unspecified atom stereocenters. The highest BCUT2D eigenvalue weighted by Crippen LogP contribution is 2.43. The fourth-order valence-corrected chi connectivity index (χ4v) is 6.24. The Kier molecular flexibility index (Phi) is 5.55. The number of likely N-dealkylation sites (tertiary alicyclic amines) is 1. The maximum Gasteiger partial charge on any atom is 0.268 e. The maximum absolute atomic E-state index is 13.5. The van der Waals surface area contributed by atoms with E-state index in [0.29, 0.717) is 5.52 Å². The lowest BCUT2D eigenvalue weighted by Crippen LogP contribution is -2.41. The summed E-state index contributed by atoms with van der Waals surface area (Å²) < 4.78 is 28.4. The molecule has 1 fully saturated rings. The summed E-state index contributed by atoms with van der Waals surface area (Å²) >= 11 is 0. The monoisotopic (exact) mass is 424 g/mol. The summed E-state index contributed by atoms with van der Waals surface area (Å²) in [5.41, 5.74) is 2.66. The van der Waals surface area contributed by atoms with Crippen molar-refractivity contribution in [2.24, 2.45) is 11.8 Å². The topological polar surface area (TPSA) is 59.4 Å². The molecular weight excluding hydrogens is 396 g/mol. The van der Waals surface area contributed by atoms with Gasteiger partial charge in [0.25, 0.3) is 10.0 Å². The molecule has 3 atom stereocenters. The average Bonchev–Trinajstić information content (AvgIpc) is 3.14. The van der Waals surface area contributed by atoms with Crippen molar-refractivity contribution in [2.45, 2.75) is 37.6 Å². The number of aldehydes is 1. The van der Waals surface area contributed by atoms with Gasteiger partial charge >= 0.3 is 0 Å². The van der Waals surface area contributed by atoms with Gasteiger partial charge in [-0.05, 0) is 56.6 Å². The Hall–Kier alpha value is -2.44. The van der Waals surface area contributed by atoms with E-state index in [1.165, 1.54) is 3.97 Å². The number of piperidine rings is 1. The molecule has 158 valence electrons. The summed E-state index contributed by atoms with van der Waals surface area (Å²) in [6.45, 7) is 4.86. The van der Waals surface area contributed by atoms with Crippen molar-refractivity contribution in [3.63, 3.8) is 0 Å². The van der Waals surface area contributed by atoms with Crippen LogP contribution in [0.15, 0.2) is 59.6 Å². The van der Waals surface area contributed by atoms with Crippen molar-refractivity contribution in [3.05, 3.63) is 65.9 Å². The molecular formula is C24H28N2O3S. The largest absolute Gasteiger partial charge is 0.303 e. The Labute approximate surface area is 178 Å². The van der Waals surface area contributed by atoms with Crippen molar-refractivity contribution in [3.8, 4) is 0 Å². The summed E-state index contributed by atoms with van der Waals surface area (Å²) in [5.74, 6) is 0.148. The van der Waals surface area contributed by atoms with Gasteiger partial charge in [-0.3, -0.25) is 4.90 Å². The fraction of sp³-hybridized carbons (Fsp3) is 0.375. The van der Waals surface area contributed by atoms with Crippen molar-refractivity contribution < 1.29 is 13.2 Å². The van der Waals surface area contributed by atoms with E-state index in [0.717, 1.165) is 42.2 Å². The van der Waals surface area contributed by atoms with Crippen LogP contribution in [0.25, 0.3) is 10.9 Å². The van der Waals surface area contributed by atoms with Crippen LogP contribution >= 0.6 is 0 Å². The van der Waals surface area contributed by atoms with Crippen LogP contribution in [0.4, 0.5) is 0 Å². The summed E-state index contributed by atoms with van der Waals surface area (Å²) in [5, 5.41) is 0.926. The van der Waals surface area contributed by atoms with E-state index >= 15 is 0 Å². The third kappa shape index (κ3) is 3.38. The second kappa shape index (κ2) is 8.00. The van der Waals surface area contributed by atoms with E-state index in [1.54, 1.807) is 18.3 Å². The van der Waals surface area contributed by atoms with E-state index in [2.05, 4.69) is 18.9 Å². The third-order valence-corrected chi connectivity index (χ3v) is 8.18. The van der Waals surface area contributed by atoms with Crippen molar-refractivity contribution in [1.29, 1.82) is 0 Å². The van der Waals surface area contributed by atoms with Gasteiger partial charge < -0.3 is 4.79 Å². The molecule has 5 nitrogen and oxygen atoms in total. The zero-order valence-electron chi connectivity index (χ0n) is 17.7. The highest BCUT2D eigenvalue weighted by atomic mass is 32.2. The van der Waals surface area contributed by atoms with Crippen LogP contribution in [-0.4, -0.2) is 37.2 Å². The Balaban J connectivity index is 1.91. The molecule has 2 aromatic carbocycles. The first-order chi connectivity index (χ1) is 14.4. The first-order valence-corrected chi connectivity index (χ1v) is 11.9. The molecule has 0 amide bonds. The fourth-order valence-electron chi connectivity index (χ4n) is 4.86. The van der Waals surface area contributed by atoms with Gasteiger partial charge in [0, 0.05) is 23.5 Å². The normalized spacial score (nSPS) is 23.0. The second-order valence-electron chi connectivity index (χ2n) is 8.30. The maximum atomic E-state index is 13.5. The number of hydrogen-bond acceptors (Lipinski definition) is 4. The highest BCUT2D eigenvalue weighted by molar-refractivity contribution is 7.90. The molecule has 0 spiro atoms. The summed E-state index contributed by atoms with van der Waals surface area (Å²) in [4.78, 5) is 14.3. The Morgan fingerprint density at radius 3 is 2.47 bits per heavy atom. The van der Waals surface area contributed by atoms with Crippen LogP contribution < -0.4 is 0 Å². The molecule has 0 N–H and O–H groups in total. The quantitative estimate of drug-likeness (QED) is 0.570. The molecule has 4 rings (SSSR count). The van der Waals surface area contributed by atoms with Crippen LogP contribution in [0.3, 0.4) is 0 Å². The van der Waals surface area contributed by atoms with Crippen LogP contribution in [0.2, 0.25) is 0 Å². The Morgan fingerprint density at radius 2 is 1.80 bits per heavy atom. The molecule has 1 saturated heterocycles. The third-order valence-electron chi connectivity index (χ3n) is 6.50. The zero-order chi connectivity index (χ0) is 21.5. The van der Waals surface area contributed by atoms with E-state index < -0.39 is 10.0 Å². The summed E-state index contributed by atoms with van der Waals surface area (Å²) in [6.07, 6.45) is 4.56. The number of aromatic nitrogens is 1. The molecule has 6 heteroatoms. The average molecular weight is 425 g/mol. The molecule has 0 saturated carbocycles. The summed E-state index contributed by atoms with van der Waals surface area (Å²) in [7, 11) is -1.67. The van der Waals surface area contributed by atoms with Crippen LogP contribution in [-0.2, 0) is 14.8 Å². The van der Waals surface area contributed by atoms with Crippen molar-refractivity contribution in [1.82, 2.24) is 8.87 Å². The first-order valence-electron chi connectivity index (χ1n) is 10.5. The lowest BCUT2D eigenvalue weighted by atomic mass is 9.76. The number of rotatable bonds is 5. The van der Waals surface area contributed by atoms with Crippen LogP contribution in [0.5, 0.6) is 0 Å². The van der Waals surface area contributed by atoms with E-state index in [4.69, 9.17) is 0 Å². The minimum Gasteiger partial charge on any atom is -0.303 e. The number of hydrogen-bond donors (Lipinski definition) is 0. The van der Waals surface area contributed by atoms with Gasteiger partial charge in [-0.2, -0.15) is 0 Å². The van der Waals surface area contributed by atoms with Gasteiger partial charge in [0.2, 0.25) is 0 Å². The number of carbonyl (C=O) groups is 1. The predicted octanol–water partition coefficient (Wildman–Crippen LogP) is 4.40. The van der Waals surface area contributed by atoms with Crippen molar-refractivity contribution >= 4 is 27.2 Å². The van der Waals surface area contributed by atoms with Gasteiger partial charge in [-0.1, -0.05) is 49.2 Å². The summed E-state index contributed by atoms with van der Waals surface area (Å²) in [6, 6.07) is 14.6.